The average molecular weight is 2070 g/mol. The second-order valence-corrected chi connectivity index (χ2v) is 47.1. The van der Waals surface area contributed by atoms with Crippen LogP contribution in [0, 0.1) is 28.6 Å². The maximum atomic E-state index is 13.7. The fraction of sp³-hybridized carbons (Fsp3) is 0.640. The van der Waals surface area contributed by atoms with E-state index in [1.54, 1.807) is 261 Å². The van der Waals surface area contributed by atoms with Gasteiger partial charge in [-0.2, -0.15) is 0 Å². The first kappa shape index (κ1) is 121. The minimum atomic E-state index is -1.91. The van der Waals surface area contributed by atoms with E-state index in [2.05, 4.69) is 0 Å². The zero-order chi connectivity index (χ0) is 111. The van der Waals surface area contributed by atoms with E-state index in [9.17, 15) is 82.4 Å². The molecule has 0 aliphatic carbocycles. The fourth-order valence-electron chi connectivity index (χ4n) is 17.5. The number of aryl methyl sites for hydroxylation is 2. The zero-order valence-electron chi connectivity index (χ0n) is 92.0. The van der Waals surface area contributed by atoms with Crippen molar-refractivity contribution in [1.82, 2.24) is 28.9 Å². The topological polar surface area (TPSA) is 453 Å². The van der Waals surface area contributed by atoms with E-state index in [0.717, 1.165) is 64.6 Å². The normalized spacial score (nSPS) is 17.4. The Balaban J connectivity index is 0.000000242. The highest BCUT2D eigenvalue weighted by Gasteiger charge is 2.52. The Morgan fingerprint density at radius 3 is 1.10 bits per heavy atom. The van der Waals surface area contributed by atoms with Gasteiger partial charge in [-0.05, 0) is 360 Å². The van der Waals surface area contributed by atoms with Gasteiger partial charge in [0.15, 0.2) is 27.9 Å². The number of fused-ring (bicyclic) bond motifs is 10. The summed E-state index contributed by atoms with van der Waals surface area (Å²) in [6.07, 6.45) is 8.09. The third kappa shape index (κ3) is 32.1. The van der Waals surface area contributed by atoms with Crippen molar-refractivity contribution in [2.24, 2.45) is 28.6 Å². The molecule has 7 aliphatic rings. The molecule has 0 spiro atoms. The van der Waals surface area contributed by atoms with Crippen molar-refractivity contribution in [3.63, 3.8) is 0 Å². The Labute approximate surface area is 867 Å². The number of rotatable bonds is 19. The molecule has 0 bridgehead atoms. The van der Waals surface area contributed by atoms with Crippen LogP contribution >= 0.6 is 11.6 Å². The molecule has 36 heteroatoms. The van der Waals surface area contributed by atoms with Gasteiger partial charge in [0.2, 0.25) is 0 Å². The van der Waals surface area contributed by atoms with Crippen LogP contribution in [0.4, 0.5) is 9.59 Å². The molecular weight excluding hydrogens is 1920 g/mol. The largest absolute Gasteiger partial charge is 0.508 e. The highest BCUT2D eigenvalue weighted by atomic mass is 35.5. The summed E-state index contributed by atoms with van der Waals surface area (Å²) < 4.78 is 66.9. The molecule has 4 aromatic heterocycles. The minimum Gasteiger partial charge on any atom is -0.508 e. The molecule has 2 aromatic carbocycles. The van der Waals surface area contributed by atoms with Gasteiger partial charge in [0.05, 0.1) is 58.0 Å². The van der Waals surface area contributed by atoms with Gasteiger partial charge in [0.1, 0.15) is 75.9 Å². The van der Waals surface area contributed by atoms with Gasteiger partial charge >= 0.3 is 71.2 Å². The second kappa shape index (κ2) is 47.6. The third-order valence-corrected chi connectivity index (χ3v) is 25.4. The average Bonchev–Trinajstić information content (AvgIpc) is 1.58. The Morgan fingerprint density at radius 1 is 0.449 bits per heavy atom. The molecule has 35 nitrogen and oxygen atoms in total. The Kier molecular flexibility index (Phi) is 39.1. The molecule has 0 saturated carbocycles. The summed E-state index contributed by atoms with van der Waals surface area (Å²) in [5.74, 6) is -5.90. The molecule has 2 atom stereocenters. The molecule has 3 N–H and O–H groups in total. The van der Waals surface area contributed by atoms with Gasteiger partial charge in [-0.15, -0.1) is 0 Å². The third-order valence-electron chi connectivity index (χ3n) is 25.2. The predicted octanol–water partition coefficient (Wildman–Crippen LogP) is 18.4. The summed E-state index contributed by atoms with van der Waals surface area (Å²) in [5, 5.41) is 33.3. The number of aromatic hydroxyl groups is 1. The van der Waals surface area contributed by atoms with Crippen molar-refractivity contribution < 1.29 is 130 Å². The number of carbonyl (C=O) groups excluding carboxylic acids is 12. The highest BCUT2D eigenvalue weighted by Crippen LogP contribution is 2.46. The SMILES string of the molecule is C1CCOC1.CC(C(=O)OC(C)(C)C)C(=O)OC(C)(C)C.CC(C)(C)OC(=O)C(C)(CCC1CCN(C(=O)Cl)CC1)C(=O)OC(C)(C)C.CC(C)(C)OC(=O)CC(=O)OC(C)(C)C.CCc1c2c(nc3ccc(O)cc13)-c1cc3c(c(=O)n1C2)COC(=O)C3(O)CC.CCc1c2c(nc3ccc(OC(=O)N4CCC(CCC(C)(C(=O)OC(C)(C)C)C(=O)OC(C)(C)C)CC4)cc13)-c1cc3c(c(=O)n1C2)COC(=O)C3(O)CC. The summed E-state index contributed by atoms with van der Waals surface area (Å²) in [6.45, 7) is 58.8. The number of halogens is 1. The van der Waals surface area contributed by atoms with E-state index in [4.69, 9.17) is 78.4 Å². The Bertz CT molecular complexity index is 5880. The molecular formula is C111H157ClN6O29. The number of aliphatic hydroxyl groups is 2. The number of phenols is 1. The number of ether oxygens (including phenoxy) is 12. The number of amides is 2. The molecule has 147 heavy (non-hydrogen) atoms. The molecule has 812 valence electrons. The number of hydrogen-bond donors (Lipinski definition) is 3. The number of nitrogens with zero attached hydrogens (tertiary/aromatic N) is 6. The quantitative estimate of drug-likeness (QED) is 0.0222. The molecule has 2 amide bonds. The van der Waals surface area contributed by atoms with E-state index in [0.29, 0.717) is 129 Å². The lowest BCUT2D eigenvalue weighted by Gasteiger charge is -2.35. The number of phenolic OH excluding ortho intramolecular Hbond substituents is 1. The maximum absolute atomic E-state index is 13.7. The van der Waals surface area contributed by atoms with Gasteiger partial charge in [-0.1, -0.05) is 27.7 Å². The summed E-state index contributed by atoms with van der Waals surface area (Å²) in [7, 11) is 0. The number of carbonyl (C=O) groups is 12. The summed E-state index contributed by atoms with van der Waals surface area (Å²) in [6, 6.07) is 13.7. The summed E-state index contributed by atoms with van der Waals surface area (Å²) in [5.41, 5.74) is -3.65. The number of cyclic esters (lactones) is 2. The number of pyridine rings is 4. The predicted molar refractivity (Wildman–Crippen MR) is 551 cm³/mol. The van der Waals surface area contributed by atoms with Crippen molar-refractivity contribution >= 4 is 105 Å². The van der Waals surface area contributed by atoms with Crippen molar-refractivity contribution in [2.75, 3.05) is 39.4 Å². The van der Waals surface area contributed by atoms with Crippen LogP contribution in [-0.4, -0.2) is 200 Å². The lowest BCUT2D eigenvalue weighted by molar-refractivity contribution is -0.186. The maximum Gasteiger partial charge on any atom is 0.415 e. The first-order chi connectivity index (χ1) is 67.6. The molecule has 11 heterocycles. The van der Waals surface area contributed by atoms with Gasteiger partial charge in [0, 0.05) is 72.4 Å². The monoisotopic (exact) mass is 2070 g/mol. The number of hydrogen-bond acceptors (Lipinski definition) is 31. The van der Waals surface area contributed by atoms with Crippen molar-refractivity contribution in [2.45, 2.75) is 393 Å². The molecule has 3 fully saturated rings. The van der Waals surface area contributed by atoms with Gasteiger partial charge in [-0.25, -0.2) is 24.4 Å². The van der Waals surface area contributed by atoms with Crippen LogP contribution < -0.4 is 15.9 Å². The smallest absolute Gasteiger partial charge is 0.415 e. The summed E-state index contributed by atoms with van der Waals surface area (Å²) in [4.78, 5) is 187. The van der Waals surface area contributed by atoms with Crippen LogP contribution in [0.1, 0.15) is 343 Å². The van der Waals surface area contributed by atoms with Crippen molar-refractivity contribution in [3.05, 3.63) is 114 Å². The van der Waals surface area contributed by atoms with E-state index in [1.807, 2.05) is 13.8 Å². The molecule has 3 saturated heterocycles. The molecule has 2 unspecified atom stereocenters. The Hall–Kier alpha value is -11.4. The van der Waals surface area contributed by atoms with E-state index >= 15 is 0 Å². The summed E-state index contributed by atoms with van der Waals surface area (Å²) >= 11 is 5.52. The lowest BCUT2D eigenvalue weighted by atomic mass is 9.80. The number of aromatic nitrogens is 4. The van der Waals surface area contributed by atoms with Crippen LogP contribution in [0.3, 0.4) is 0 Å². The molecule has 13 rings (SSSR count). The number of benzene rings is 2. The van der Waals surface area contributed by atoms with Gasteiger partial charge < -0.3 is 91.1 Å². The Morgan fingerprint density at radius 2 is 0.782 bits per heavy atom. The molecule has 6 aromatic rings. The number of piperidine rings is 2. The minimum absolute atomic E-state index is 0.0602. The van der Waals surface area contributed by atoms with Crippen LogP contribution in [0.2, 0.25) is 0 Å². The van der Waals surface area contributed by atoms with Crippen LogP contribution in [0.5, 0.6) is 11.5 Å². The van der Waals surface area contributed by atoms with E-state index in [1.165, 1.54) is 19.8 Å². The second-order valence-electron chi connectivity index (χ2n) is 46.8. The van der Waals surface area contributed by atoms with Crippen molar-refractivity contribution in [3.8, 4) is 34.3 Å². The first-order valence-corrected chi connectivity index (χ1v) is 51.3. The molecule has 7 aliphatic heterocycles. The van der Waals surface area contributed by atoms with E-state index in [-0.39, 0.29) is 79.4 Å². The van der Waals surface area contributed by atoms with Crippen molar-refractivity contribution in [1.29, 1.82) is 0 Å². The lowest BCUT2D eigenvalue weighted by Crippen LogP contribution is -2.45. The zero-order valence-corrected chi connectivity index (χ0v) is 92.8. The van der Waals surface area contributed by atoms with Crippen LogP contribution in [-0.2, 0) is 150 Å². The van der Waals surface area contributed by atoms with Crippen LogP contribution in [0.15, 0.2) is 58.1 Å². The van der Waals surface area contributed by atoms with Gasteiger partial charge in [-0.3, -0.25) is 52.7 Å². The van der Waals surface area contributed by atoms with E-state index < -0.39 is 144 Å². The van der Waals surface area contributed by atoms with Crippen LogP contribution in [0.25, 0.3) is 44.6 Å². The number of esters is 10. The number of likely N-dealkylation sites (tertiary alicyclic amines) is 2. The standard InChI is InChI=1S/C42H53N3O10.C22H20N2O5.C20H34ClNO5.C12H22O4.C11H20O4.C4H8O/c1-10-26-27-20-25(12-13-31(27)43-33-28(26)22-45-32(33)21-30-29(34(45)46)23-52-37(49)42(30,51)11-2)53-38(50)44-18-15-24(16-19-44)14-17-41(9,35(47)54-39(3,4)5)36(48)55-40(6,7)8;1-3-12-13-7-11(25)5-6-17(13)23-19-14(12)9-24-18(19)8-16-15(20(24)26)10-29-21(27)22(16,28)4-2;1-18(2,3)26-15(23)20(7,16(24)27-19(4,5)6)11-8-14-9-12-22(13-10-14)17(21)25;1-8(9(13)15-11(2,3)4)10(14)16-12(5,6)7;1-10(2,3)14-8(12)7-9(13)15-11(4,5)6;1-2-4-5-3-1/h12-13,20-21,24,51H,10-11,14-19,22-23H2,1-9H3;5-8,25,28H,3-4,9-10H2,1-2H3;14H,8-13H2,1-7H3;8H,1-7H3;7H2,1-6H3;1-4H2. The fourth-order valence-corrected chi connectivity index (χ4v) is 17.7. The first-order valence-electron chi connectivity index (χ1n) is 50.9. The molecule has 0 radical (unpaired) electrons. The highest BCUT2D eigenvalue weighted by molar-refractivity contribution is 6.62. The van der Waals surface area contributed by atoms with Gasteiger partial charge in [0.25, 0.3) is 11.1 Å².